The Hall–Kier alpha value is -1.56. The molecular weight excluding hydrogens is 242 g/mol. The summed E-state index contributed by atoms with van der Waals surface area (Å²) in [5.41, 5.74) is 5.58. The quantitative estimate of drug-likeness (QED) is 0.803. The van der Waals surface area contributed by atoms with Gasteiger partial charge in [-0.15, -0.1) is 0 Å². The number of carbonyl (C=O) groups excluding carboxylic acids is 1. The predicted octanol–water partition coefficient (Wildman–Crippen LogP) is 0.313. The highest BCUT2D eigenvalue weighted by molar-refractivity contribution is 5.72. The molecule has 1 aliphatic rings. The van der Waals surface area contributed by atoms with Crippen molar-refractivity contribution in [3.05, 3.63) is 12.3 Å². The van der Waals surface area contributed by atoms with Crippen LogP contribution >= 0.6 is 0 Å². The van der Waals surface area contributed by atoms with E-state index in [1.54, 1.807) is 6.92 Å². The van der Waals surface area contributed by atoms with Crippen molar-refractivity contribution in [2.45, 2.75) is 26.3 Å². The summed E-state index contributed by atoms with van der Waals surface area (Å²) in [5.74, 6) is 1.27. The molecule has 0 aromatic carbocycles. The van der Waals surface area contributed by atoms with Gasteiger partial charge >= 0.3 is 0 Å². The van der Waals surface area contributed by atoms with Gasteiger partial charge in [-0.3, -0.25) is 9.48 Å². The lowest BCUT2D eigenvalue weighted by atomic mass is 9.97. The van der Waals surface area contributed by atoms with Gasteiger partial charge in [0.1, 0.15) is 5.82 Å². The van der Waals surface area contributed by atoms with E-state index >= 15 is 0 Å². The third-order valence-electron chi connectivity index (χ3n) is 3.65. The maximum Gasteiger partial charge on any atom is 0.216 e. The highest BCUT2D eigenvalue weighted by Gasteiger charge is 2.18. The predicted molar refractivity (Wildman–Crippen MR) is 74.5 cm³/mol. The Balaban J connectivity index is 1.64. The topological polar surface area (TPSA) is 76.2 Å². The van der Waals surface area contributed by atoms with E-state index < -0.39 is 0 Å². The van der Waals surface area contributed by atoms with Crippen LogP contribution in [-0.4, -0.2) is 46.8 Å². The summed E-state index contributed by atoms with van der Waals surface area (Å²) in [4.78, 5) is 13.3. The van der Waals surface area contributed by atoms with E-state index in [0.29, 0.717) is 11.7 Å². The Bertz CT molecular complexity index is 409. The van der Waals surface area contributed by atoms with Crippen LogP contribution in [0.3, 0.4) is 0 Å². The molecule has 0 spiro atoms. The second-order valence-corrected chi connectivity index (χ2v) is 5.23. The minimum Gasteiger partial charge on any atom is -0.382 e. The molecule has 0 radical (unpaired) electrons. The summed E-state index contributed by atoms with van der Waals surface area (Å²) < 4.78 is 1.89. The first kappa shape index (κ1) is 13.9. The highest BCUT2D eigenvalue weighted by Crippen LogP contribution is 2.16. The molecule has 2 heterocycles. The average Bonchev–Trinajstić information content (AvgIpc) is 2.81. The second-order valence-electron chi connectivity index (χ2n) is 5.23. The molecule has 19 heavy (non-hydrogen) atoms. The molecule has 1 aromatic rings. The van der Waals surface area contributed by atoms with Crippen LogP contribution in [0.5, 0.6) is 0 Å². The summed E-state index contributed by atoms with van der Waals surface area (Å²) in [5, 5.41) is 7.08. The van der Waals surface area contributed by atoms with Crippen molar-refractivity contribution in [3.8, 4) is 0 Å². The number of nitrogens with one attached hydrogen (secondary N) is 1. The monoisotopic (exact) mass is 265 g/mol. The first-order valence-electron chi connectivity index (χ1n) is 6.89. The molecule has 0 unspecified atom stereocenters. The van der Waals surface area contributed by atoms with Gasteiger partial charge in [-0.25, -0.2) is 0 Å². The van der Waals surface area contributed by atoms with Gasteiger partial charge in [0.15, 0.2) is 0 Å². The van der Waals surface area contributed by atoms with Gasteiger partial charge in [0.25, 0.3) is 0 Å². The maximum atomic E-state index is 10.9. The fourth-order valence-electron chi connectivity index (χ4n) is 2.45. The SMILES string of the molecule is CC(=O)NCC1CCN(CCn2ccc(N)n2)CC1. The molecule has 1 fully saturated rings. The molecule has 0 saturated carbocycles. The van der Waals surface area contributed by atoms with Crippen molar-refractivity contribution in [2.24, 2.45) is 5.92 Å². The van der Waals surface area contributed by atoms with Crippen molar-refractivity contribution in [3.63, 3.8) is 0 Å². The molecule has 2 rings (SSSR count). The number of nitrogens with two attached hydrogens (primary N) is 1. The number of carbonyl (C=O) groups is 1. The first-order valence-corrected chi connectivity index (χ1v) is 6.89. The number of nitrogen functional groups attached to an aromatic ring is 1. The third-order valence-corrected chi connectivity index (χ3v) is 3.65. The Kier molecular flexibility index (Phi) is 4.79. The third kappa shape index (κ3) is 4.55. The van der Waals surface area contributed by atoms with E-state index in [0.717, 1.165) is 45.6 Å². The van der Waals surface area contributed by atoms with Crippen LogP contribution < -0.4 is 11.1 Å². The van der Waals surface area contributed by atoms with Crippen LogP contribution in [0.15, 0.2) is 12.3 Å². The van der Waals surface area contributed by atoms with Gasteiger partial charge in [0.05, 0.1) is 6.54 Å². The average molecular weight is 265 g/mol. The summed E-state index contributed by atoms with van der Waals surface area (Å²) >= 11 is 0. The molecular formula is C13H23N5O. The van der Waals surface area contributed by atoms with E-state index in [1.807, 2.05) is 16.9 Å². The van der Waals surface area contributed by atoms with Crippen LogP contribution in [0.4, 0.5) is 5.82 Å². The van der Waals surface area contributed by atoms with Crippen molar-refractivity contribution in [2.75, 3.05) is 31.9 Å². The Morgan fingerprint density at radius 3 is 2.79 bits per heavy atom. The van der Waals surface area contributed by atoms with E-state index in [9.17, 15) is 4.79 Å². The van der Waals surface area contributed by atoms with E-state index in [2.05, 4.69) is 15.3 Å². The number of nitrogens with zero attached hydrogens (tertiary/aromatic N) is 3. The molecule has 1 aromatic heterocycles. The molecule has 1 saturated heterocycles. The van der Waals surface area contributed by atoms with Gasteiger partial charge in [0, 0.05) is 26.2 Å². The van der Waals surface area contributed by atoms with Crippen molar-refractivity contribution < 1.29 is 4.79 Å². The Morgan fingerprint density at radius 1 is 1.47 bits per heavy atom. The lowest BCUT2D eigenvalue weighted by molar-refractivity contribution is -0.119. The molecule has 1 aliphatic heterocycles. The smallest absolute Gasteiger partial charge is 0.216 e. The van der Waals surface area contributed by atoms with E-state index in [4.69, 9.17) is 5.73 Å². The zero-order chi connectivity index (χ0) is 13.7. The minimum atomic E-state index is 0.0682. The van der Waals surface area contributed by atoms with Crippen molar-refractivity contribution >= 4 is 11.7 Å². The molecule has 1 amide bonds. The summed E-state index contributed by atoms with van der Waals surface area (Å²) in [6, 6.07) is 1.82. The summed E-state index contributed by atoms with van der Waals surface area (Å²) in [6.45, 7) is 6.48. The number of amides is 1. The lowest BCUT2D eigenvalue weighted by Crippen LogP contribution is -2.39. The number of hydrogen-bond donors (Lipinski definition) is 2. The number of piperidine rings is 1. The normalized spacial score (nSPS) is 17.5. The first-order chi connectivity index (χ1) is 9.13. The molecule has 0 atom stereocenters. The largest absolute Gasteiger partial charge is 0.382 e. The number of aromatic nitrogens is 2. The number of rotatable bonds is 5. The molecule has 3 N–H and O–H groups in total. The highest BCUT2D eigenvalue weighted by atomic mass is 16.1. The number of anilines is 1. The molecule has 6 heteroatoms. The van der Waals surface area contributed by atoms with Crippen LogP contribution in [-0.2, 0) is 11.3 Å². The van der Waals surface area contributed by atoms with Gasteiger partial charge in [-0.1, -0.05) is 0 Å². The maximum absolute atomic E-state index is 10.9. The van der Waals surface area contributed by atoms with Crippen molar-refractivity contribution in [1.82, 2.24) is 20.0 Å². The Morgan fingerprint density at radius 2 is 2.21 bits per heavy atom. The Labute approximate surface area is 113 Å². The summed E-state index contributed by atoms with van der Waals surface area (Å²) in [7, 11) is 0. The zero-order valence-electron chi connectivity index (χ0n) is 11.5. The van der Waals surface area contributed by atoms with Crippen LogP contribution in [0, 0.1) is 5.92 Å². The molecule has 6 nitrogen and oxygen atoms in total. The van der Waals surface area contributed by atoms with Crippen molar-refractivity contribution in [1.29, 1.82) is 0 Å². The van der Waals surface area contributed by atoms with Gasteiger partial charge in [0.2, 0.25) is 5.91 Å². The minimum absolute atomic E-state index is 0.0682. The lowest BCUT2D eigenvalue weighted by Gasteiger charge is -2.31. The molecule has 0 bridgehead atoms. The fourth-order valence-corrected chi connectivity index (χ4v) is 2.45. The van der Waals surface area contributed by atoms with Crippen LogP contribution in [0.2, 0.25) is 0 Å². The van der Waals surface area contributed by atoms with Gasteiger partial charge in [-0.05, 0) is 37.9 Å². The van der Waals surface area contributed by atoms with Gasteiger partial charge in [-0.2, -0.15) is 5.10 Å². The molecule has 0 aliphatic carbocycles. The fraction of sp³-hybridized carbons (Fsp3) is 0.692. The second kappa shape index (κ2) is 6.56. The standard InChI is InChI=1S/C13H23N5O/c1-11(19)15-10-12-2-5-17(6-3-12)8-9-18-7-4-13(14)16-18/h4,7,12H,2-3,5-6,8-10H2,1H3,(H2,14,16)(H,15,19). The van der Waals surface area contributed by atoms with Crippen LogP contribution in [0.1, 0.15) is 19.8 Å². The number of hydrogen-bond acceptors (Lipinski definition) is 4. The van der Waals surface area contributed by atoms with Gasteiger partial charge < -0.3 is 16.0 Å². The van der Waals surface area contributed by atoms with E-state index in [1.165, 1.54) is 0 Å². The molecule has 106 valence electrons. The zero-order valence-corrected chi connectivity index (χ0v) is 11.5. The summed E-state index contributed by atoms with van der Waals surface area (Å²) in [6.07, 6.45) is 4.22. The van der Waals surface area contributed by atoms with E-state index in [-0.39, 0.29) is 5.91 Å². The van der Waals surface area contributed by atoms with Crippen LogP contribution in [0.25, 0.3) is 0 Å². The number of likely N-dealkylation sites (tertiary alicyclic amines) is 1.